The molecule has 5 heteroatoms. The molecule has 8 heavy (non-hydrogen) atoms. The molecule has 0 rings (SSSR count). The van der Waals surface area contributed by atoms with Crippen molar-refractivity contribution in [1.29, 1.82) is 0 Å². The van der Waals surface area contributed by atoms with E-state index in [2.05, 4.69) is 0 Å². The molecule has 0 heterocycles. The maximum absolute atomic E-state index is 10.3. The van der Waals surface area contributed by atoms with Crippen molar-refractivity contribution < 1.29 is 17.6 Å². The fourth-order valence-electron chi connectivity index (χ4n) is 0. The van der Waals surface area contributed by atoms with Gasteiger partial charge in [0.25, 0.3) is 0 Å². The first-order valence-electron chi connectivity index (χ1n) is 1.73. The highest BCUT2D eigenvalue weighted by molar-refractivity contribution is 14.1. The molecule has 0 unspecified atom stereocenters. The van der Waals surface area contributed by atoms with E-state index in [0.29, 0.717) is 22.6 Å². The molecule has 0 nitrogen and oxygen atoms in total. The van der Waals surface area contributed by atoms with Crippen LogP contribution in [0.4, 0.5) is 17.6 Å². The number of halogens is 5. The maximum Gasteiger partial charge on any atom is 0.441 e. The smallest absolute Gasteiger partial charge is 0.251 e. The third-order valence-electron chi connectivity index (χ3n) is 0. The topological polar surface area (TPSA) is 0 Å². The van der Waals surface area contributed by atoms with Crippen LogP contribution in [0.15, 0.2) is 0 Å². The summed E-state index contributed by atoms with van der Waals surface area (Å²) >= 11 is 0.378. The first-order chi connectivity index (χ1) is 3.41. The van der Waals surface area contributed by atoms with Crippen LogP contribution in [-0.2, 0) is 0 Å². The molecule has 0 radical (unpaired) electrons. The van der Waals surface area contributed by atoms with Crippen LogP contribution in [0.1, 0.15) is 6.92 Å². The summed E-state index contributed by atoms with van der Waals surface area (Å²) in [5.74, 6) is 0. The Morgan fingerprint density at radius 1 is 1.38 bits per heavy atom. The largest absolute Gasteiger partial charge is 0.441 e. The van der Waals surface area contributed by atoms with Crippen LogP contribution in [-0.4, -0.2) is 10.9 Å². The molecule has 0 aliphatic heterocycles. The van der Waals surface area contributed by atoms with Crippen molar-refractivity contribution in [3.05, 3.63) is 0 Å². The van der Waals surface area contributed by atoms with Gasteiger partial charge in [0.15, 0.2) is 0 Å². The van der Waals surface area contributed by atoms with E-state index in [0.717, 1.165) is 0 Å². The SMILES string of the molecule is CCF.FC(F)(F)I. The Morgan fingerprint density at radius 2 is 1.38 bits per heavy atom. The monoisotopic (exact) mass is 244 g/mol. The van der Waals surface area contributed by atoms with Gasteiger partial charge in [-0.25, -0.2) is 0 Å². The normalized spacial score (nSPS) is 9.75. The Labute approximate surface area is 58.4 Å². The van der Waals surface area contributed by atoms with E-state index in [4.69, 9.17) is 0 Å². The second-order valence-corrected chi connectivity index (χ2v) is 1.92. The molecule has 0 saturated heterocycles. The number of hydrogen-bond acceptors (Lipinski definition) is 0. The molecule has 0 bridgehead atoms. The summed E-state index contributed by atoms with van der Waals surface area (Å²) in [5.41, 5.74) is 0. The second-order valence-electron chi connectivity index (χ2n) is 0.696. The van der Waals surface area contributed by atoms with Gasteiger partial charge < -0.3 is 0 Å². The summed E-state index contributed by atoms with van der Waals surface area (Å²) in [5, 5.41) is 0. The molecule has 0 N–H and O–H groups in total. The van der Waals surface area contributed by atoms with Gasteiger partial charge in [0.2, 0.25) is 0 Å². The zero-order valence-corrected chi connectivity index (χ0v) is 6.25. The predicted molar refractivity (Wildman–Crippen MR) is 31.7 cm³/mol. The molecule has 0 amide bonds. The minimum Gasteiger partial charge on any atom is -0.251 e. The van der Waals surface area contributed by atoms with Gasteiger partial charge in [-0.2, -0.15) is 13.2 Å². The van der Waals surface area contributed by atoms with Crippen LogP contribution >= 0.6 is 22.6 Å². The summed E-state index contributed by atoms with van der Waals surface area (Å²) < 4.78 is 37.3. The highest BCUT2D eigenvalue weighted by Crippen LogP contribution is 2.22. The van der Waals surface area contributed by atoms with Crippen LogP contribution in [0.5, 0.6) is 0 Å². The van der Waals surface area contributed by atoms with E-state index >= 15 is 0 Å². The number of hydrogen-bond donors (Lipinski definition) is 0. The Hall–Kier alpha value is 0.450. The van der Waals surface area contributed by atoms with Crippen molar-refractivity contribution in [3.8, 4) is 0 Å². The lowest BCUT2D eigenvalue weighted by atomic mass is 10.9. The van der Waals surface area contributed by atoms with E-state index in [1.54, 1.807) is 0 Å². The van der Waals surface area contributed by atoms with E-state index in [1.807, 2.05) is 0 Å². The highest BCUT2D eigenvalue weighted by Gasteiger charge is 2.19. The summed E-state index contributed by atoms with van der Waals surface area (Å²) in [6.07, 6.45) is 0. The van der Waals surface area contributed by atoms with E-state index in [-0.39, 0.29) is 6.67 Å². The molecule has 0 aliphatic carbocycles. The lowest BCUT2D eigenvalue weighted by Gasteiger charge is -1.85. The van der Waals surface area contributed by atoms with Crippen molar-refractivity contribution >= 4 is 22.6 Å². The first-order valence-corrected chi connectivity index (χ1v) is 2.81. The van der Waals surface area contributed by atoms with Crippen LogP contribution in [0.25, 0.3) is 0 Å². The summed E-state index contributed by atoms with van der Waals surface area (Å²) in [7, 11) is 0. The fraction of sp³-hybridized carbons (Fsp3) is 1.00. The van der Waals surface area contributed by atoms with Gasteiger partial charge in [0, 0.05) is 22.6 Å². The van der Waals surface area contributed by atoms with Crippen LogP contribution in [0.2, 0.25) is 0 Å². The zero-order chi connectivity index (χ0) is 7.21. The molecule has 0 atom stereocenters. The number of rotatable bonds is 0. The third kappa shape index (κ3) is 946. The van der Waals surface area contributed by atoms with E-state index < -0.39 is 4.18 Å². The second kappa shape index (κ2) is 5.58. The molecule has 0 aromatic rings. The Bertz CT molecular complexity index is 35.0. The minimum absolute atomic E-state index is 0.250. The Kier molecular flexibility index (Phi) is 7.87. The average Bonchev–Trinajstić information content (AvgIpc) is 1.27. The molecule has 0 aliphatic rings. The van der Waals surface area contributed by atoms with Crippen molar-refractivity contribution in [2.24, 2.45) is 0 Å². The van der Waals surface area contributed by atoms with Gasteiger partial charge in [0.1, 0.15) is 0 Å². The highest BCUT2D eigenvalue weighted by atomic mass is 127. The summed E-state index contributed by atoms with van der Waals surface area (Å²) in [6, 6.07) is 0. The van der Waals surface area contributed by atoms with Gasteiger partial charge in [-0.05, 0) is 6.92 Å². The molecule has 0 spiro atoms. The molecule has 52 valence electrons. The van der Waals surface area contributed by atoms with Gasteiger partial charge in [-0.15, -0.1) is 0 Å². The Balaban J connectivity index is 0. The fourth-order valence-corrected chi connectivity index (χ4v) is 0. The molecule has 0 aromatic carbocycles. The average molecular weight is 244 g/mol. The number of alkyl halides is 5. The molecule has 0 fully saturated rings. The minimum atomic E-state index is -4.03. The maximum atomic E-state index is 10.3. The van der Waals surface area contributed by atoms with Crippen molar-refractivity contribution in [2.75, 3.05) is 6.67 Å². The van der Waals surface area contributed by atoms with Crippen LogP contribution < -0.4 is 0 Å². The molecule has 0 aromatic heterocycles. The van der Waals surface area contributed by atoms with Crippen molar-refractivity contribution in [2.45, 2.75) is 11.1 Å². The lowest BCUT2D eigenvalue weighted by Crippen LogP contribution is -1.87. The van der Waals surface area contributed by atoms with Crippen LogP contribution in [0.3, 0.4) is 0 Å². The van der Waals surface area contributed by atoms with E-state index in [1.165, 1.54) is 6.92 Å². The standard InChI is InChI=1S/C2H5F.CF3I/c1-2-3;2-1(3,4)5/h2H2,1H3;. The van der Waals surface area contributed by atoms with Crippen molar-refractivity contribution in [3.63, 3.8) is 0 Å². The van der Waals surface area contributed by atoms with Gasteiger partial charge in [-0.1, -0.05) is 0 Å². The third-order valence-corrected chi connectivity index (χ3v) is 0. The predicted octanol–water partition coefficient (Wildman–Crippen LogP) is 2.92. The molecule has 0 saturated carbocycles. The molecular formula is C3H5F4I. The van der Waals surface area contributed by atoms with Crippen LogP contribution in [0, 0.1) is 0 Å². The summed E-state index contributed by atoms with van der Waals surface area (Å²) in [4.78, 5) is 0. The molecular weight excluding hydrogens is 239 g/mol. The Morgan fingerprint density at radius 3 is 1.38 bits per heavy atom. The summed E-state index contributed by atoms with van der Waals surface area (Å²) in [6.45, 7) is 1.21. The first kappa shape index (κ1) is 11.3. The lowest BCUT2D eigenvalue weighted by molar-refractivity contribution is -0.0125. The van der Waals surface area contributed by atoms with Gasteiger partial charge in [0.05, 0.1) is 6.67 Å². The van der Waals surface area contributed by atoms with Crippen molar-refractivity contribution in [1.82, 2.24) is 0 Å². The van der Waals surface area contributed by atoms with Gasteiger partial charge >= 0.3 is 4.18 Å². The zero-order valence-electron chi connectivity index (χ0n) is 4.10. The van der Waals surface area contributed by atoms with E-state index in [9.17, 15) is 17.6 Å². The quantitative estimate of drug-likeness (QED) is 0.349. The van der Waals surface area contributed by atoms with Gasteiger partial charge in [-0.3, -0.25) is 4.39 Å².